The highest BCUT2D eigenvalue weighted by molar-refractivity contribution is 6.30. The lowest BCUT2D eigenvalue weighted by Gasteiger charge is -2.02. The number of fused-ring (bicyclic) bond motifs is 3. The number of nitrogens with one attached hydrogen (secondary N) is 1. The number of nitrogens with zero attached hydrogens (tertiary/aromatic N) is 4. The van der Waals surface area contributed by atoms with Crippen molar-refractivity contribution in [2.24, 2.45) is 0 Å². The second-order valence-electron chi connectivity index (χ2n) is 5.16. The molecule has 7 heteroatoms. The molecule has 3 aromatic heterocycles. The molecule has 0 aliphatic rings. The first-order chi connectivity index (χ1) is 11.2. The molecule has 6 nitrogen and oxygen atoms in total. The van der Waals surface area contributed by atoms with Crippen molar-refractivity contribution >= 4 is 28.3 Å². The molecule has 0 aliphatic heterocycles. The Bertz CT molecular complexity index is 1100. The number of pyridine rings is 1. The van der Waals surface area contributed by atoms with Gasteiger partial charge in [-0.05, 0) is 30.2 Å². The highest BCUT2D eigenvalue weighted by atomic mass is 35.5. The number of aromatic nitrogens is 5. The summed E-state index contributed by atoms with van der Waals surface area (Å²) in [5.74, 6) is 0. The molecule has 23 heavy (non-hydrogen) atoms. The van der Waals surface area contributed by atoms with Gasteiger partial charge in [0.2, 0.25) is 0 Å². The van der Waals surface area contributed by atoms with Crippen molar-refractivity contribution in [2.75, 3.05) is 0 Å². The maximum absolute atomic E-state index is 11.9. The number of hydrogen-bond donors (Lipinski definition) is 1. The average Bonchev–Trinajstić information content (AvgIpc) is 2.94. The third-order valence-corrected chi connectivity index (χ3v) is 4.00. The largest absolute Gasteiger partial charge is 0.327 e. The van der Waals surface area contributed by atoms with E-state index in [4.69, 9.17) is 11.6 Å². The molecule has 4 aromatic rings. The summed E-state index contributed by atoms with van der Waals surface area (Å²) in [6.45, 7) is 2.03. The molecule has 0 saturated heterocycles. The second kappa shape index (κ2) is 5.17. The lowest BCUT2D eigenvalue weighted by atomic mass is 10.0. The Morgan fingerprint density at radius 2 is 2.13 bits per heavy atom. The molecule has 0 spiro atoms. The first kappa shape index (κ1) is 13.9. The van der Waals surface area contributed by atoms with Crippen LogP contribution in [-0.4, -0.2) is 24.8 Å². The van der Waals surface area contributed by atoms with Crippen LogP contribution in [0.5, 0.6) is 0 Å². The second-order valence-corrected chi connectivity index (χ2v) is 5.60. The minimum atomic E-state index is -0.283. The third-order valence-electron chi connectivity index (χ3n) is 3.77. The van der Waals surface area contributed by atoms with Crippen LogP contribution >= 0.6 is 11.6 Å². The van der Waals surface area contributed by atoms with Gasteiger partial charge in [0.25, 0.3) is 5.56 Å². The number of aromatic amines is 1. The van der Waals surface area contributed by atoms with E-state index < -0.39 is 0 Å². The van der Waals surface area contributed by atoms with Crippen LogP contribution in [0.3, 0.4) is 0 Å². The Morgan fingerprint density at radius 1 is 1.26 bits per heavy atom. The van der Waals surface area contributed by atoms with Gasteiger partial charge in [-0.25, -0.2) is 4.52 Å². The Labute approximate surface area is 135 Å². The number of rotatable bonds is 2. The molecule has 0 bridgehead atoms. The first-order valence-corrected chi connectivity index (χ1v) is 7.58. The van der Waals surface area contributed by atoms with Crippen molar-refractivity contribution in [2.45, 2.75) is 13.3 Å². The standard InChI is InChI=1S/C16H12ClN5O/c1-2-11-13(9-4-3-5-10(17)8-9)15-20-19-14-12(22(15)21-11)6-7-18-16(14)23/h3-8H,2H2,1H3,(H,18,23). The fourth-order valence-corrected chi connectivity index (χ4v) is 2.92. The molecule has 114 valence electrons. The van der Waals surface area contributed by atoms with E-state index >= 15 is 0 Å². The van der Waals surface area contributed by atoms with Crippen molar-refractivity contribution in [1.82, 2.24) is 24.8 Å². The smallest absolute Gasteiger partial charge is 0.277 e. The van der Waals surface area contributed by atoms with Crippen LogP contribution in [0.25, 0.3) is 27.8 Å². The van der Waals surface area contributed by atoms with Crippen molar-refractivity contribution in [3.05, 3.63) is 57.6 Å². The van der Waals surface area contributed by atoms with Gasteiger partial charge >= 0.3 is 0 Å². The summed E-state index contributed by atoms with van der Waals surface area (Å²) in [4.78, 5) is 14.5. The zero-order chi connectivity index (χ0) is 16.0. The quantitative estimate of drug-likeness (QED) is 0.615. The minimum absolute atomic E-state index is 0.266. The molecule has 1 N–H and O–H groups in total. The Kier molecular flexibility index (Phi) is 3.12. The van der Waals surface area contributed by atoms with Crippen LogP contribution in [0.15, 0.2) is 41.3 Å². The normalized spacial score (nSPS) is 11.4. The Hall–Kier alpha value is -2.73. The van der Waals surface area contributed by atoms with E-state index in [1.807, 2.05) is 31.2 Å². The lowest BCUT2D eigenvalue weighted by molar-refractivity contribution is 0.895. The molecular formula is C16H12ClN5O. The molecule has 1 aromatic carbocycles. The zero-order valence-electron chi connectivity index (χ0n) is 12.2. The number of hydrogen-bond acceptors (Lipinski definition) is 4. The zero-order valence-corrected chi connectivity index (χ0v) is 13.0. The number of H-pyrrole nitrogens is 1. The molecule has 0 amide bonds. The van der Waals surface area contributed by atoms with Crippen LogP contribution in [0.2, 0.25) is 5.02 Å². The molecular weight excluding hydrogens is 314 g/mol. The fraction of sp³-hybridized carbons (Fsp3) is 0.125. The van der Waals surface area contributed by atoms with E-state index in [0.717, 1.165) is 23.2 Å². The van der Waals surface area contributed by atoms with Gasteiger partial charge in [-0.15, -0.1) is 10.2 Å². The Morgan fingerprint density at radius 3 is 2.91 bits per heavy atom. The molecule has 0 radical (unpaired) electrons. The first-order valence-electron chi connectivity index (χ1n) is 7.20. The van der Waals surface area contributed by atoms with E-state index in [0.29, 0.717) is 16.2 Å². The molecule has 0 fully saturated rings. The van der Waals surface area contributed by atoms with Gasteiger partial charge in [0.15, 0.2) is 11.2 Å². The van der Waals surface area contributed by atoms with Crippen LogP contribution in [0, 0.1) is 0 Å². The van der Waals surface area contributed by atoms with E-state index in [1.165, 1.54) is 0 Å². The third kappa shape index (κ3) is 2.10. The van der Waals surface area contributed by atoms with Crippen molar-refractivity contribution in [3.8, 4) is 11.1 Å². The van der Waals surface area contributed by atoms with Crippen LogP contribution in [0.4, 0.5) is 0 Å². The summed E-state index contributed by atoms with van der Waals surface area (Å²) in [6.07, 6.45) is 2.31. The van der Waals surface area contributed by atoms with E-state index in [9.17, 15) is 4.79 Å². The predicted molar refractivity (Wildman–Crippen MR) is 88.7 cm³/mol. The van der Waals surface area contributed by atoms with Gasteiger partial charge in [0.1, 0.15) is 5.52 Å². The lowest BCUT2D eigenvalue weighted by Crippen LogP contribution is -2.10. The Balaban J connectivity index is 2.14. The number of halogens is 1. The molecule has 3 heterocycles. The molecule has 4 rings (SSSR count). The summed E-state index contributed by atoms with van der Waals surface area (Å²) in [5.41, 5.74) is 3.93. The van der Waals surface area contributed by atoms with Crippen LogP contribution in [-0.2, 0) is 6.42 Å². The topological polar surface area (TPSA) is 75.9 Å². The van der Waals surface area contributed by atoms with Gasteiger partial charge in [0, 0.05) is 11.2 Å². The van der Waals surface area contributed by atoms with Crippen LogP contribution < -0.4 is 5.56 Å². The molecule has 0 atom stereocenters. The highest BCUT2D eigenvalue weighted by Gasteiger charge is 2.18. The van der Waals surface area contributed by atoms with Gasteiger partial charge in [0.05, 0.1) is 11.3 Å². The fourth-order valence-electron chi connectivity index (χ4n) is 2.73. The summed E-state index contributed by atoms with van der Waals surface area (Å²) in [7, 11) is 0. The van der Waals surface area contributed by atoms with Crippen LogP contribution in [0.1, 0.15) is 12.6 Å². The average molecular weight is 326 g/mol. The minimum Gasteiger partial charge on any atom is -0.327 e. The van der Waals surface area contributed by atoms with E-state index in [2.05, 4.69) is 20.3 Å². The number of aryl methyl sites for hydroxylation is 1. The van der Waals surface area contributed by atoms with Gasteiger partial charge < -0.3 is 4.98 Å². The summed E-state index contributed by atoms with van der Waals surface area (Å²) in [6, 6.07) is 9.32. The highest BCUT2D eigenvalue weighted by Crippen LogP contribution is 2.30. The van der Waals surface area contributed by atoms with Crippen molar-refractivity contribution in [3.63, 3.8) is 0 Å². The van der Waals surface area contributed by atoms with E-state index in [1.54, 1.807) is 16.8 Å². The molecule has 0 unspecified atom stereocenters. The van der Waals surface area contributed by atoms with Crippen molar-refractivity contribution in [1.29, 1.82) is 0 Å². The summed E-state index contributed by atoms with van der Waals surface area (Å²) < 4.78 is 1.67. The van der Waals surface area contributed by atoms with Gasteiger partial charge in [-0.3, -0.25) is 4.79 Å². The number of benzene rings is 1. The molecule has 0 aliphatic carbocycles. The monoisotopic (exact) mass is 325 g/mol. The van der Waals surface area contributed by atoms with Gasteiger partial charge in [-0.1, -0.05) is 30.7 Å². The predicted octanol–water partition coefficient (Wildman–Crippen LogP) is 2.85. The maximum Gasteiger partial charge on any atom is 0.277 e. The maximum atomic E-state index is 11.9. The van der Waals surface area contributed by atoms with Gasteiger partial charge in [-0.2, -0.15) is 5.10 Å². The molecule has 0 saturated carbocycles. The SMILES string of the molecule is CCc1nn2c(nnc3c(=O)[nH]ccc32)c1-c1cccc(Cl)c1. The summed E-state index contributed by atoms with van der Waals surface area (Å²) in [5, 5.41) is 13.6. The van der Waals surface area contributed by atoms with E-state index in [-0.39, 0.29) is 11.1 Å². The van der Waals surface area contributed by atoms with Crippen molar-refractivity contribution < 1.29 is 0 Å². The summed E-state index contributed by atoms with van der Waals surface area (Å²) >= 11 is 6.12.